The van der Waals surface area contributed by atoms with E-state index in [9.17, 15) is 4.79 Å². The fourth-order valence-corrected chi connectivity index (χ4v) is 2.01. The summed E-state index contributed by atoms with van der Waals surface area (Å²) in [4.78, 5) is 13.3. The number of hydrogen-bond acceptors (Lipinski definition) is 4. The molecule has 4 N–H and O–H groups in total. The lowest BCUT2D eigenvalue weighted by Crippen LogP contribution is -2.16. The summed E-state index contributed by atoms with van der Waals surface area (Å²) >= 11 is 0. The molecule has 1 amide bonds. The number of nitrogens with zero attached hydrogens (tertiary/aromatic N) is 1. The highest BCUT2D eigenvalue weighted by atomic mass is 16.5. The van der Waals surface area contributed by atoms with E-state index in [1.165, 1.54) is 0 Å². The van der Waals surface area contributed by atoms with Crippen molar-refractivity contribution in [2.75, 3.05) is 24.8 Å². The standard InChI is InChI=1S/C15H17N3O2/c1-18(13-5-3-4-6-14(13)20-2)10-7-8-12(16)11(9-10)15(17)19/h3-9H,16H2,1-2H3,(H2,17,19). The van der Waals surface area contributed by atoms with Crippen molar-refractivity contribution in [1.29, 1.82) is 0 Å². The number of carbonyl (C=O) groups is 1. The Morgan fingerprint density at radius 1 is 1.20 bits per heavy atom. The number of rotatable bonds is 4. The van der Waals surface area contributed by atoms with Crippen LogP contribution in [0.2, 0.25) is 0 Å². The second-order valence-corrected chi connectivity index (χ2v) is 4.37. The second-order valence-electron chi connectivity index (χ2n) is 4.37. The average Bonchev–Trinajstić information content (AvgIpc) is 2.46. The van der Waals surface area contributed by atoms with Crippen LogP contribution in [0.25, 0.3) is 0 Å². The molecule has 0 radical (unpaired) electrons. The summed E-state index contributed by atoms with van der Waals surface area (Å²) in [6.45, 7) is 0. The van der Waals surface area contributed by atoms with Crippen LogP contribution in [-0.4, -0.2) is 20.1 Å². The maximum absolute atomic E-state index is 11.4. The highest BCUT2D eigenvalue weighted by molar-refractivity contribution is 5.99. The van der Waals surface area contributed by atoms with Gasteiger partial charge in [-0.25, -0.2) is 0 Å². The van der Waals surface area contributed by atoms with Crippen molar-refractivity contribution >= 4 is 23.0 Å². The lowest BCUT2D eigenvalue weighted by molar-refractivity contribution is 0.100. The highest BCUT2D eigenvalue weighted by Gasteiger charge is 2.12. The zero-order valence-corrected chi connectivity index (χ0v) is 11.5. The molecule has 0 unspecified atom stereocenters. The Morgan fingerprint density at radius 3 is 2.55 bits per heavy atom. The van der Waals surface area contributed by atoms with Gasteiger partial charge in [-0.05, 0) is 30.3 Å². The minimum atomic E-state index is -0.544. The van der Waals surface area contributed by atoms with Crippen LogP contribution in [0, 0.1) is 0 Å². The van der Waals surface area contributed by atoms with Crippen LogP contribution in [0.5, 0.6) is 5.75 Å². The fraction of sp³-hybridized carbons (Fsp3) is 0.133. The summed E-state index contributed by atoms with van der Waals surface area (Å²) in [5, 5.41) is 0. The van der Waals surface area contributed by atoms with Crippen molar-refractivity contribution in [3.8, 4) is 5.75 Å². The molecule has 5 nitrogen and oxygen atoms in total. The molecule has 0 aliphatic carbocycles. The number of anilines is 3. The number of para-hydroxylation sites is 2. The van der Waals surface area contributed by atoms with Gasteiger partial charge in [0, 0.05) is 18.4 Å². The summed E-state index contributed by atoms with van der Waals surface area (Å²) in [7, 11) is 3.50. The van der Waals surface area contributed by atoms with Gasteiger partial charge in [0.15, 0.2) is 0 Å². The normalized spacial score (nSPS) is 10.1. The van der Waals surface area contributed by atoms with E-state index < -0.39 is 5.91 Å². The molecular formula is C15H17N3O2. The van der Waals surface area contributed by atoms with Gasteiger partial charge in [-0.1, -0.05) is 12.1 Å². The first kappa shape index (κ1) is 13.7. The van der Waals surface area contributed by atoms with Crippen molar-refractivity contribution in [1.82, 2.24) is 0 Å². The molecule has 20 heavy (non-hydrogen) atoms. The predicted molar refractivity (Wildman–Crippen MR) is 80.4 cm³/mol. The van der Waals surface area contributed by atoms with Crippen LogP contribution < -0.4 is 21.1 Å². The molecule has 104 valence electrons. The van der Waals surface area contributed by atoms with Crippen LogP contribution in [-0.2, 0) is 0 Å². The molecule has 0 spiro atoms. The molecule has 0 bridgehead atoms. The Bertz CT molecular complexity index is 641. The Balaban J connectivity index is 2.45. The Labute approximate surface area is 117 Å². The van der Waals surface area contributed by atoms with Crippen LogP contribution in [0.15, 0.2) is 42.5 Å². The van der Waals surface area contributed by atoms with E-state index in [1.54, 1.807) is 19.2 Å². The zero-order chi connectivity index (χ0) is 14.7. The van der Waals surface area contributed by atoms with Crippen LogP contribution in [0.3, 0.4) is 0 Å². The van der Waals surface area contributed by atoms with E-state index in [4.69, 9.17) is 16.2 Å². The first-order chi connectivity index (χ1) is 9.54. The Morgan fingerprint density at radius 2 is 1.90 bits per heavy atom. The van der Waals surface area contributed by atoms with Gasteiger partial charge in [-0.3, -0.25) is 4.79 Å². The zero-order valence-electron chi connectivity index (χ0n) is 11.5. The van der Waals surface area contributed by atoms with Crippen molar-refractivity contribution in [3.05, 3.63) is 48.0 Å². The molecule has 0 saturated carbocycles. The van der Waals surface area contributed by atoms with Gasteiger partial charge in [0.2, 0.25) is 0 Å². The molecule has 5 heteroatoms. The number of benzene rings is 2. The van der Waals surface area contributed by atoms with Crippen molar-refractivity contribution in [3.63, 3.8) is 0 Å². The van der Waals surface area contributed by atoms with E-state index in [-0.39, 0.29) is 0 Å². The first-order valence-electron chi connectivity index (χ1n) is 6.10. The molecule has 0 saturated heterocycles. The number of nitrogen functional groups attached to an aromatic ring is 1. The SMILES string of the molecule is COc1ccccc1N(C)c1ccc(N)c(C(N)=O)c1. The molecule has 2 aromatic rings. The lowest BCUT2D eigenvalue weighted by atomic mass is 10.1. The Hall–Kier alpha value is -2.69. The number of primary amides is 1. The topological polar surface area (TPSA) is 81.6 Å². The van der Waals surface area contributed by atoms with Crippen molar-refractivity contribution in [2.45, 2.75) is 0 Å². The van der Waals surface area contributed by atoms with E-state index in [0.717, 1.165) is 17.1 Å². The predicted octanol–water partition coefficient (Wildman–Crippen LogP) is 2.14. The third-order valence-electron chi connectivity index (χ3n) is 3.14. The summed E-state index contributed by atoms with van der Waals surface area (Å²) in [5.41, 5.74) is 13.4. The van der Waals surface area contributed by atoms with Gasteiger partial charge in [0.05, 0.1) is 18.4 Å². The lowest BCUT2D eigenvalue weighted by Gasteiger charge is -2.22. The summed E-state index contributed by atoms with van der Waals surface area (Å²) in [5.74, 6) is 0.199. The van der Waals surface area contributed by atoms with Gasteiger partial charge >= 0.3 is 0 Å². The number of amides is 1. The van der Waals surface area contributed by atoms with Crippen LogP contribution in [0.4, 0.5) is 17.1 Å². The van der Waals surface area contributed by atoms with Gasteiger partial charge in [-0.2, -0.15) is 0 Å². The average molecular weight is 271 g/mol. The quantitative estimate of drug-likeness (QED) is 0.835. The molecule has 0 aromatic heterocycles. The number of carbonyl (C=O) groups excluding carboxylic acids is 1. The highest BCUT2D eigenvalue weighted by Crippen LogP contribution is 2.33. The van der Waals surface area contributed by atoms with Gasteiger partial charge in [-0.15, -0.1) is 0 Å². The van der Waals surface area contributed by atoms with Gasteiger partial charge in [0.1, 0.15) is 5.75 Å². The van der Waals surface area contributed by atoms with E-state index in [1.807, 2.05) is 42.3 Å². The molecule has 0 aliphatic heterocycles. The third-order valence-corrected chi connectivity index (χ3v) is 3.14. The van der Waals surface area contributed by atoms with Gasteiger partial charge in [0.25, 0.3) is 5.91 Å². The summed E-state index contributed by atoms with van der Waals surface area (Å²) < 4.78 is 5.33. The first-order valence-corrected chi connectivity index (χ1v) is 6.10. The van der Waals surface area contributed by atoms with E-state index >= 15 is 0 Å². The molecule has 2 aromatic carbocycles. The molecule has 0 fully saturated rings. The minimum absolute atomic E-state index is 0.309. The van der Waals surface area contributed by atoms with E-state index in [0.29, 0.717) is 11.3 Å². The van der Waals surface area contributed by atoms with Crippen LogP contribution in [0.1, 0.15) is 10.4 Å². The van der Waals surface area contributed by atoms with Gasteiger partial charge < -0.3 is 21.1 Å². The minimum Gasteiger partial charge on any atom is -0.495 e. The maximum atomic E-state index is 11.4. The van der Waals surface area contributed by atoms with Crippen molar-refractivity contribution in [2.24, 2.45) is 5.73 Å². The second kappa shape index (κ2) is 5.52. The molecule has 0 heterocycles. The smallest absolute Gasteiger partial charge is 0.250 e. The molecule has 0 atom stereocenters. The largest absolute Gasteiger partial charge is 0.495 e. The van der Waals surface area contributed by atoms with Crippen LogP contribution >= 0.6 is 0 Å². The molecule has 0 aliphatic rings. The molecule has 2 rings (SSSR count). The monoisotopic (exact) mass is 271 g/mol. The van der Waals surface area contributed by atoms with E-state index in [2.05, 4.69) is 0 Å². The number of methoxy groups -OCH3 is 1. The van der Waals surface area contributed by atoms with Crippen molar-refractivity contribution < 1.29 is 9.53 Å². The number of hydrogen-bond donors (Lipinski definition) is 2. The number of nitrogens with two attached hydrogens (primary N) is 2. The fourth-order valence-electron chi connectivity index (χ4n) is 2.01. The number of ether oxygens (including phenoxy) is 1. The maximum Gasteiger partial charge on any atom is 0.250 e. The Kier molecular flexibility index (Phi) is 3.79. The molecular weight excluding hydrogens is 254 g/mol. The summed E-state index contributed by atoms with van der Waals surface area (Å²) in [6, 6.07) is 12.8. The third kappa shape index (κ3) is 2.51. The summed E-state index contributed by atoms with van der Waals surface area (Å²) in [6.07, 6.45) is 0.